The van der Waals surface area contributed by atoms with E-state index in [0.717, 1.165) is 0 Å². The lowest BCUT2D eigenvalue weighted by atomic mass is 10.3. The lowest BCUT2D eigenvalue weighted by Gasteiger charge is -1.99. The van der Waals surface area contributed by atoms with Gasteiger partial charge in [0.2, 0.25) is 0 Å². The Morgan fingerprint density at radius 1 is 1.75 bits per heavy atom. The van der Waals surface area contributed by atoms with Crippen LogP contribution < -0.4 is 0 Å². The Hall–Kier alpha value is -0.410. The lowest BCUT2D eigenvalue weighted by molar-refractivity contribution is 0.0901. The highest BCUT2D eigenvalue weighted by Crippen LogP contribution is 1.89. The van der Waals surface area contributed by atoms with E-state index in [4.69, 9.17) is 15.3 Å². The van der Waals surface area contributed by atoms with Crippen LogP contribution in [0, 0.1) is 0 Å². The molecule has 0 fully saturated rings. The van der Waals surface area contributed by atoms with Crippen LogP contribution in [0.3, 0.4) is 0 Å². The summed E-state index contributed by atoms with van der Waals surface area (Å²) < 4.78 is 0. The van der Waals surface area contributed by atoms with Crippen molar-refractivity contribution < 1.29 is 15.3 Å². The topological polar surface area (TPSA) is 60.7 Å². The Labute approximate surface area is 51.9 Å². The fourth-order valence-electron chi connectivity index (χ4n) is 0.154. The van der Waals surface area contributed by atoms with Crippen LogP contribution in [0.4, 0.5) is 0 Å². The second kappa shape index (κ2) is 3.57. The molecule has 0 heterocycles. The zero-order valence-electron chi connectivity index (χ0n) is 4.03. The molecule has 0 aromatic heterocycles. The molecule has 0 aromatic rings. The normalized spacial score (nSPS) is 12.2. The van der Waals surface area contributed by atoms with Gasteiger partial charge in [0.05, 0.1) is 6.61 Å². The maximum atomic E-state index is 8.46. The SMILES string of the molecule is OCC(O)C(O)=C=S. The number of hydrogen-bond acceptors (Lipinski definition) is 4. The molecular formula is C4H6O3S. The second-order valence-corrected chi connectivity index (χ2v) is 1.39. The van der Waals surface area contributed by atoms with Crippen molar-refractivity contribution in [1.29, 1.82) is 0 Å². The van der Waals surface area contributed by atoms with E-state index in [-0.39, 0.29) is 0 Å². The first-order valence-electron chi connectivity index (χ1n) is 1.95. The maximum Gasteiger partial charge on any atom is 0.177 e. The predicted octanol–water partition coefficient (Wildman–Crippen LogP) is -0.620. The van der Waals surface area contributed by atoms with Gasteiger partial charge in [-0.05, 0) is 17.2 Å². The van der Waals surface area contributed by atoms with E-state index >= 15 is 0 Å². The van der Waals surface area contributed by atoms with Gasteiger partial charge in [0, 0.05) is 0 Å². The van der Waals surface area contributed by atoms with Crippen molar-refractivity contribution in [2.75, 3.05) is 6.61 Å². The van der Waals surface area contributed by atoms with Crippen molar-refractivity contribution in [3.05, 3.63) is 5.76 Å². The van der Waals surface area contributed by atoms with Crippen molar-refractivity contribution in [3.63, 3.8) is 0 Å². The number of thiocarbonyl (C=S) groups is 1. The Morgan fingerprint density at radius 2 is 2.25 bits per heavy atom. The second-order valence-electron chi connectivity index (χ2n) is 1.19. The van der Waals surface area contributed by atoms with Crippen LogP contribution in [-0.4, -0.2) is 33.1 Å². The van der Waals surface area contributed by atoms with Crippen LogP contribution in [0.5, 0.6) is 0 Å². The molecule has 0 radical (unpaired) electrons. The fraction of sp³-hybridized carbons (Fsp3) is 0.500. The standard InChI is InChI=1S/C4H6O3S/c5-1-3(6)4(7)2-8/h3,5-7H,1H2. The average Bonchev–Trinajstić information content (AvgIpc) is 1.84. The Balaban J connectivity index is 3.82. The molecule has 0 amide bonds. The molecule has 3 N–H and O–H groups in total. The summed E-state index contributed by atoms with van der Waals surface area (Å²) in [6.45, 7) is -0.532. The highest BCUT2D eigenvalue weighted by atomic mass is 32.1. The van der Waals surface area contributed by atoms with Crippen molar-refractivity contribution >= 4 is 17.2 Å². The van der Waals surface area contributed by atoms with Gasteiger partial charge in [-0.3, -0.25) is 0 Å². The summed E-state index contributed by atoms with van der Waals surface area (Å²) in [5, 5.41) is 26.9. The van der Waals surface area contributed by atoms with Gasteiger partial charge in [0.15, 0.2) is 5.76 Å². The summed E-state index contributed by atoms with van der Waals surface area (Å²) >= 11 is 4.11. The summed E-state index contributed by atoms with van der Waals surface area (Å²) in [7, 11) is 0. The maximum absolute atomic E-state index is 8.46. The quantitative estimate of drug-likeness (QED) is 0.348. The molecule has 4 heteroatoms. The molecule has 8 heavy (non-hydrogen) atoms. The van der Waals surface area contributed by atoms with Crippen molar-refractivity contribution in [1.82, 2.24) is 0 Å². The Morgan fingerprint density at radius 3 is 2.38 bits per heavy atom. The molecule has 0 rings (SSSR count). The van der Waals surface area contributed by atoms with Gasteiger partial charge in [-0.15, -0.1) is 0 Å². The predicted molar refractivity (Wildman–Crippen MR) is 31.8 cm³/mol. The molecule has 0 aliphatic heterocycles. The van der Waals surface area contributed by atoms with E-state index in [1.807, 2.05) is 5.02 Å². The van der Waals surface area contributed by atoms with Gasteiger partial charge in [-0.1, -0.05) is 0 Å². The van der Waals surface area contributed by atoms with E-state index in [2.05, 4.69) is 12.2 Å². The minimum absolute atomic E-state index is 0.498. The van der Waals surface area contributed by atoms with Crippen LogP contribution in [0.25, 0.3) is 0 Å². The Kier molecular flexibility index (Phi) is 3.39. The van der Waals surface area contributed by atoms with Crippen molar-refractivity contribution in [2.24, 2.45) is 0 Å². The zero-order chi connectivity index (χ0) is 6.57. The molecule has 3 nitrogen and oxygen atoms in total. The first kappa shape index (κ1) is 7.59. The third kappa shape index (κ3) is 2.04. The fourth-order valence-corrected chi connectivity index (χ4v) is 0.291. The molecule has 0 spiro atoms. The zero-order valence-corrected chi connectivity index (χ0v) is 4.85. The average molecular weight is 134 g/mol. The van der Waals surface area contributed by atoms with E-state index in [1.165, 1.54) is 0 Å². The number of aliphatic hydroxyl groups is 3. The van der Waals surface area contributed by atoms with Crippen LogP contribution in [0.1, 0.15) is 0 Å². The highest BCUT2D eigenvalue weighted by molar-refractivity contribution is 7.78. The third-order valence-electron chi connectivity index (χ3n) is 0.593. The van der Waals surface area contributed by atoms with Crippen LogP contribution in [-0.2, 0) is 0 Å². The van der Waals surface area contributed by atoms with Crippen molar-refractivity contribution in [3.8, 4) is 0 Å². The summed E-state index contributed by atoms with van der Waals surface area (Å²) in [5.74, 6) is -0.498. The van der Waals surface area contributed by atoms with Gasteiger partial charge in [0.25, 0.3) is 0 Å². The minimum atomic E-state index is -1.27. The first-order valence-corrected chi connectivity index (χ1v) is 2.36. The molecule has 0 aliphatic carbocycles. The molecule has 1 atom stereocenters. The smallest absolute Gasteiger partial charge is 0.177 e. The van der Waals surface area contributed by atoms with E-state index in [1.54, 1.807) is 0 Å². The molecule has 1 unspecified atom stereocenters. The number of hydrogen-bond donors (Lipinski definition) is 3. The van der Waals surface area contributed by atoms with Crippen molar-refractivity contribution in [2.45, 2.75) is 6.10 Å². The van der Waals surface area contributed by atoms with E-state index in [9.17, 15) is 0 Å². The van der Waals surface area contributed by atoms with Crippen LogP contribution in [0.2, 0.25) is 0 Å². The van der Waals surface area contributed by atoms with Gasteiger partial charge < -0.3 is 15.3 Å². The largest absolute Gasteiger partial charge is 0.502 e. The van der Waals surface area contributed by atoms with Crippen LogP contribution in [0.15, 0.2) is 5.76 Å². The summed E-state index contributed by atoms with van der Waals surface area (Å²) in [6.07, 6.45) is -1.27. The van der Waals surface area contributed by atoms with E-state index in [0.29, 0.717) is 0 Å². The van der Waals surface area contributed by atoms with Crippen LogP contribution >= 0.6 is 12.2 Å². The molecule has 0 bridgehead atoms. The molecule has 46 valence electrons. The van der Waals surface area contributed by atoms with Gasteiger partial charge in [0.1, 0.15) is 6.10 Å². The van der Waals surface area contributed by atoms with Gasteiger partial charge >= 0.3 is 0 Å². The van der Waals surface area contributed by atoms with E-state index < -0.39 is 18.5 Å². The highest BCUT2D eigenvalue weighted by Gasteiger charge is 2.04. The van der Waals surface area contributed by atoms with Gasteiger partial charge in [-0.25, -0.2) is 0 Å². The number of rotatable bonds is 2. The molecule has 0 aromatic carbocycles. The minimum Gasteiger partial charge on any atom is -0.502 e. The Bertz CT molecular complexity index is 116. The molecular weight excluding hydrogens is 128 g/mol. The summed E-state index contributed by atoms with van der Waals surface area (Å²) in [5.41, 5.74) is 0. The summed E-state index contributed by atoms with van der Waals surface area (Å²) in [4.78, 5) is 0. The molecule has 0 saturated carbocycles. The lowest BCUT2D eigenvalue weighted by Crippen LogP contribution is -2.14. The molecule has 0 saturated heterocycles. The van der Waals surface area contributed by atoms with Gasteiger partial charge in [-0.2, -0.15) is 0 Å². The first-order chi connectivity index (χ1) is 3.72. The number of aliphatic hydroxyl groups excluding tert-OH is 3. The third-order valence-corrected chi connectivity index (χ3v) is 0.802. The monoisotopic (exact) mass is 134 g/mol. The molecule has 0 aliphatic rings. The summed E-state index contributed by atoms with van der Waals surface area (Å²) in [6, 6.07) is 0.